The molecular weight excluding hydrogens is 516 g/mol. The van der Waals surface area contributed by atoms with Gasteiger partial charge in [-0.25, -0.2) is 4.79 Å². The second kappa shape index (κ2) is 9.77. The van der Waals surface area contributed by atoms with E-state index >= 15 is 0 Å². The Bertz CT molecular complexity index is 1520. The van der Waals surface area contributed by atoms with E-state index < -0.39 is 11.6 Å². The molecule has 5 amide bonds. The maximum Gasteiger partial charge on any atom is 0.322 e. The Hall–Kier alpha value is -4.31. The third-order valence-electron chi connectivity index (χ3n) is 7.36. The number of hydrogen-bond donors (Lipinski definition) is 3. The van der Waals surface area contributed by atoms with Gasteiger partial charge in [-0.3, -0.25) is 19.7 Å². The molecule has 202 valence electrons. The highest BCUT2D eigenvalue weighted by molar-refractivity contribution is 7.99. The Kier molecular flexibility index (Phi) is 6.26. The highest BCUT2D eigenvalue weighted by Crippen LogP contribution is 2.45. The summed E-state index contributed by atoms with van der Waals surface area (Å²) in [4.78, 5) is 53.1. The lowest BCUT2D eigenvalue weighted by atomic mass is 9.96. The quantitative estimate of drug-likeness (QED) is 0.416. The average Bonchev–Trinajstić information content (AvgIpc) is 3.38. The fourth-order valence-electron chi connectivity index (χ4n) is 5.43. The predicted octanol–water partition coefficient (Wildman–Crippen LogP) is 4.07. The van der Waals surface area contributed by atoms with Gasteiger partial charge in [-0.15, -0.1) is 11.8 Å². The van der Waals surface area contributed by atoms with Crippen molar-refractivity contribution >= 4 is 46.9 Å². The topological polar surface area (TPSA) is 117 Å². The Morgan fingerprint density at radius 3 is 2.59 bits per heavy atom. The second-order valence-corrected chi connectivity index (χ2v) is 11.2. The summed E-state index contributed by atoms with van der Waals surface area (Å²) in [5, 5.41) is 7.85. The van der Waals surface area contributed by atoms with Crippen molar-refractivity contribution in [3.05, 3.63) is 83.4 Å². The molecule has 3 aromatic carbocycles. The van der Waals surface area contributed by atoms with Gasteiger partial charge in [0.25, 0.3) is 5.91 Å². The average molecular weight is 547 g/mol. The van der Waals surface area contributed by atoms with Gasteiger partial charge >= 0.3 is 6.03 Å². The molecule has 1 spiro atoms. The number of para-hydroxylation sites is 1. The first-order valence-electron chi connectivity index (χ1n) is 12.6. The summed E-state index contributed by atoms with van der Waals surface area (Å²) in [7, 11) is 1.62. The summed E-state index contributed by atoms with van der Waals surface area (Å²) in [6.07, 6.45) is 0.999. The molecule has 0 saturated carbocycles. The van der Waals surface area contributed by atoms with Gasteiger partial charge in [-0.05, 0) is 53.1 Å². The van der Waals surface area contributed by atoms with Crippen LogP contribution in [0.15, 0.2) is 71.6 Å². The highest BCUT2D eigenvalue weighted by Gasteiger charge is 2.50. The van der Waals surface area contributed by atoms with Crippen LogP contribution in [0.4, 0.5) is 16.2 Å². The molecule has 1 aliphatic carbocycles. The number of methoxy groups -OCH3 is 1. The predicted molar refractivity (Wildman–Crippen MR) is 151 cm³/mol. The van der Waals surface area contributed by atoms with Gasteiger partial charge in [0, 0.05) is 37.9 Å². The molecule has 2 unspecified atom stereocenters. The van der Waals surface area contributed by atoms with Crippen molar-refractivity contribution in [2.24, 2.45) is 0 Å². The first kappa shape index (κ1) is 25.0. The highest BCUT2D eigenvalue weighted by atomic mass is 32.2. The number of carbonyl (C=O) groups excluding carboxylic acids is 4. The number of ether oxygens (including phenoxy) is 1. The van der Waals surface area contributed by atoms with E-state index in [1.165, 1.54) is 0 Å². The third kappa shape index (κ3) is 4.72. The number of nitrogens with zero attached hydrogens (tertiary/aromatic N) is 1. The van der Waals surface area contributed by atoms with Gasteiger partial charge in [0.15, 0.2) is 0 Å². The van der Waals surface area contributed by atoms with Crippen LogP contribution in [0.5, 0.6) is 5.75 Å². The summed E-state index contributed by atoms with van der Waals surface area (Å²) in [5.41, 5.74) is 3.16. The summed E-state index contributed by atoms with van der Waals surface area (Å²) in [6, 6.07) is 20.3. The second-order valence-electron chi connectivity index (χ2n) is 9.91. The standard InChI is InChI=1S/C29H26N4O5S.2H2/c1-38-21-10-7-17(8-11-21)24-13-26(35)33(22-4-2-3-5-23(22)39-24)16-25(34)30-20-9-6-18-14-29(15-19(18)12-20)27(36)31-28(37)32-29;;/h2-12,24H,13-16H2,1H3,(H,30,34)(H2,31,32,36,37);2*1H. The minimum absolute atomic E-state index is 0. The van der Waals surface area contributed by atoms with Crippen molar-refractivity contribution < 1.29 is 26.8 Å². The number of rotatable bonds is 5. The van der Waals surface area contributed by atoms with Crippen molar-refractivity contribution in [3.63, 3.8) is 0 Å². The Labute approximate surface area is 232 Å². The smallest absolute Gasteiger partial charge is 0.322 e. The van der Waals surface area contributed by atoms with E-state index in [9.17, 15) is 19.2 Å². The molecule has 2 heterocycles. The van der Waals surface area contributed by atoms with Gasteiger partial charge in [-0.1, -0.05) is 30.3 Å². The molecule has 0 bridgehead atoms. The molecule has 39 heavy (non-hydrogen) atoms. The Morgan fingerprint density at radius 1 is 1.08 bits per heavy atom. The number of hydrogen-bond acceptors (Lipinski definition) is 6. The summed E-state index contributed by atoms with van der Waals surface area (Å²) in [6.45, 7) is -0.134. The van der Waals surface area contributed by atoms with E-state index in [2.05, 4.69) is 16.0 Å². The summed E-state index contributed by atoms with van der Waals surface area (Å²) >= 11 is 1.61. The maximum atomic E-state index is 13.5. The number of amides is 5. The normalized spacial score (nSPS) is 21.6. The van der Waals surface area contributed by atoms with Crippen LogP contribution in [0.3, 0.4) is 0 Å². The zero-order valence-corrected chi connectivity index (χ0v) is 22.0. The molecule has 0 aromatic heterocycles. The van der Waals surface area contributed by atoms with Crippen LogP contribution < -0.4 is 25.6 Å². The van der Waals surface area contributed by atoms with Crippen molar-refractivity contribution in [3.8, 4) is 5.75 Å². The van der Waals surface area contributed by atoms with Crippen LogP contribution in [-0.2, 0) is 27.2 Å². The molecule has 9 nitrogen and oxygen atoms in total. The van der Waals surface area contributed by atoms with Gasteiger partial charge in [0.1, 0.15) is 17.8 Å². The summed E-state index contributed by atoms with van der Waals surface area (Å²) in [5.74, 6) is -0.0493. The van der Waals surface area contributed by atoms with Gasteiger partial charge < -0.3 is 20.3 Å². The molecule has 3 aromatic rings. The van der Waals surface area contributed by atoms with Crippen LogP contribution in [0.2, 0.25) is 0 Å². The Morgan fingerprint density at radius 2 is 1.85 bits per heavy atom. The van der Waals surface area contributed by atoms with Crippen LogP contribution in [0.25, 0.3) is 0 Å². The first-order valence-corrected chi connectivity index (χ1v) is 13.5. The third-order valence-corrected chi connectivity index (χ3v) is 8.69. The van der Waals surface area contributed by atoms with Gasteiger partial charge in [0.05, 0.1) is 12.8 Å². The monoisotopic (exact) mass is 546 g/mol. The molecule has 1 saturated heterocycles. The first-order chi connectivity index (χ1) is 18.8. The molecule has 3 N–H and O–H groups in total. The molecule has 0 radical (unpaired) electrons. The van der Waals surface area contributed by atoms with E-state index in [0.717, 1.165) is 27.3 Å². The summed E-state index contributed by atoms with van der Waals surface area (Å²) < 4.78 is 5.27. The van der Waals surface area contributed by atoms with E-state index in [0.29, 0.717) is 24.2 Å². The van der Waals surface area contributed by atoms with Crippen molar-refractivity contribution in [1.82, 2.24) is 10.6 Å². The Balaban J connectivity index is 0.00000194. The van der Waals surface area contributed by atoms with Crippen molar-refractivity contribution in [2.45, 2.75) is 34.9 Å². The van der Waals surface area contributed by atoms with Gasteiger partial charge in [-0.2, -0.15) is 0 Å². The minimum atomic E-state index is -0.970. The minimum Gasteiger partial charge on any atom is -0.497 e. The number of nitrogens with one attached hydrogen (secondary N) is 3. The molecule has 2 atom stereocenters. The van der Waals surface area contributed by atoms with E-state index in [1.807, 2.05) is 60.7 Å². The lowest BCUT2D eigenvalue weighted by Crippen LogP contribution is -2.47. The lowest BCUT2D eigenvalue weighted by molar-refractivity contribution is -0.123. The molecule has 2 aliphatic heterocycles. The number of imide groups is 1. The molecule has 3 aliphatic rings. The van der Waals surface area contributed by atoms with E-state index in [4.69, 9.17) is 4.74 Å². The number of urea groups is 1. The van der Waals surface area contributed by atoms with E-state index in [1.54, 1.807) is 29.8 Å². The number of anilines is 2. The van der Waals surface area contributed by atoms with Crippen LogP contribution in [-0.4, -0.2) is 42.9 Å². The zero-order valence-electron chi connectivity index (χ0n) is 21.2. The van der Waals surface area contributed by atoms with E-state index in [-0.39, 0.29) is 38.8 Å². The molecule has 10 heteroatoms. The fraction of sp³-hybridized carbons (Fsp3) is 0.241. The largest absolute Gasteiger partial charge is 0.497 e. The number of carbonyl (C=O) groups is 4. The van der Waals surface area contributed by atoms with Crippen LogP contribution in [0, 0.1) is 0 Å². The molecular formula is C29H30N4O5S. The van der Waals surface area contributed by atoms with Crippen LogP contribution in [0.1, 0.15) is 31.2 Å². The van der Waals surface area contributed by atoms with Crippen LogP contribution >= 0.6 is 11.8 Å². The van der Waals surface area contributed by atoms with Crippen molar-refractivity contribution in [2.75, 3.05) is 23.9 Å². The maximum absolute atomic E-state index is 13.5. The lowest BCUT2D eigenvalue weighted by Gasteiger charge is -2.22. The van der Waals surface area contributed by atoms with Gasteiger partial charge in [0.2, 0.25) is 11.8 Å². The number of thioether (sulfide) groups is 1. The molecule has 1 fully saturated rings. The SMILES string of the molecule is COc1ccc(C2CC(=O)N(CC(=O)Nc3ccc4c(c3)CC3(C4)NC(=O)NC3=O)c3ccccc3S2)cc1.[HH].[HH]. The van der Waals surface area contributed by atoms with Crippen molar-refractivity contribution in [1.29, 1.82) is 0 Å². The zero-order chi connectivity index (χ0) is 27.1. The fourth-order valence-corrected chi connectivity index (χ4v) is 6.71. The number of benzene rings is 3. The molecule has 6 rings (SSSR count). The number of fused-ring (bicyclic) bond motifs is 2.